The first-order valence-electron chi connectivity index (χ1n) is 12.7. The summed E-state index contributed by atoms with van der Waals surface area (Å²) < 4.78 is 17.8. The van der Waals surface area contributed by atoms with Gasteiger partial charge >= 0.3 is 17.9 Å². The lowest BCUT2D eigenvalue weighted by atomic mass is 9.36. The zero-order valence-corrected chi connectivity index (χ0v) is 21.2. The molecule has 0 aromatic rings. The number of aliphatic hydroxyl groups is 1. The van der Waals surface area contributed by atoms with Crippen LogP contribution in [0.4, 0.5) is 0 Å². The Morgan fingerprint density at radius 3 is 2.49 bits per heavy atom. The van der Waals surface area contributed by atoms with Crippen LogP contribution in [-0.2, 0) is 33.4 Å². The molecular formula is C27H36O8. The fourth-order valence-electron chi connectivity index (χ4n) is 9.13. The van der Waals surface area contributed by atoms with Crippen LogP contribution in [0.25, 0.3) is 0 Å². The Balaban J connectivity index is 1.71. The number of fused-ring (bicyclic) bond motifs is 2. The van der Waals surface area contributed by atoms with Crippen molar-refractivity contribution in [1.29, 1.82) is 0 Å². The van der Waals surface area contributed by atoms with Crippen LogP contribution in [0.1, 0.15) is 66.7 Å². The molecule has 0 amide bonds. The summed E-state index contributed by atoms with van der Waals surface area (Å²) in [6, 6.07) is 0. The van der Waals surface area contributed by atoms with Crippen LogP contribution in [0.2, 0.25) is 0 Å². The van der Waals surface area contributed by atoms with E-state index in [0.29, 0.717) is 19.3 Å². The summed E-state index contributed by atoms with van der Waals surface area (Å²) in [7, 11) is 0. The molecule has 4 fully saturated rings. The SMILES string of the molecule is CC(=O)O[C@@H]1C[C@](C)([C@H]2OC(=O)C[C@@H]2CO)[C@H]2CC(=O)O[C@@H]3C[C@H]4C(C)=CCC(=O)[C@]4(C)[C@@H]1[C@]23C. The first kappa shape index (κ1) is 24.5. The maximum Gasteiger partial charge on any atom is 0.306 e. The van der Waals surface area contributed by atoms with Gasteiger partial charge in [-0.2, -0.15) is 0 Å². The number of cyclic esters (lactones) is 1. The van der Waals surface area contributed by atoms with Crippen LogP contribution in [0.15, 0.2) is 11.6 Å². The fraction of sp³-hybridized carbons (Fsp3) is 0.778. The molecule has 0 aromatic heterocycles. The highest BCUT2D eigenvalue weighted by Crippen LogP contribution is 2.71. The van der Waals surface area contributed by atoms with Gasteiger partial charge in [0.2, 0.25) is 0 Å². The Hall–Kier alpha value is -2.22. The summed E-state index contributed by atoms with van der Waals surface area (Å²) in [5, 5.41) is 10.1. The quantitative estimate of drug-likeness (QED) is 0.366. The zero-order chi connectivity index (χ0) is 25.5. The summed E-state index contributed by atoms with van der Waals surface area (Å²) in [5.41, 5.74) is -1.12. The van der Waals surface area contributed by atoms with Crippen LogP contribution >= 0.6 is 0 Å². The second-order valence-electron chi connectivity index (χ2n) is 12.1. The van der Waals surface area contributed by atoms with E-state index in [2.05, 4.69) is 6.92 Å². The van der Waals surface area contributed by atoms with Gasteiger partial charge in [-0.1, -0.05) is 32.4 Å². The van der Waals surface area contributed by atoms with E-state index >= 15 is 0 Å². The highest BCUT2D eigenvalue weighted by atomic mass is 16.6. The van der Waals surface area contributed by atoms with Crippen molar-refractivity contribution in [3.8, 4) is 0 Å². The zero-order valence-electron chi connectivity index (χ0n) is 21.2. The predicted octanol–water partition coefficient (Wildman–Crippen LogP) is 2.75. The third kappa shape index (κ3) is 3.20. The lowest BCUT2D eigenvalue weighted by Gasteiger charge is -2.70. The topological polar surface area (TPSA) is 116 Å². The molecule has 10 atom stereocenters. The Labute approximate surface area is 205 Å². The minimum atomic E-state index is -0.781. The molecule has 0 aromatic carbocycles. The molecule has 0 bridgehead atoms. The predicted molar refractivity (Wildman–Crippen MR) is 123 cm³/mol. The van der Waals surface area contributed by atoms with Gasteiger partial charge in [0.1, 0.15) is 24.1 Å². The second kappa shape index (κ2) is 7.89. The molecule has 2 saturated heterocycles. The average Bonchev–Trinajstić information content (AvgIpc) is 3.16. The van der Waals surface area contributed by atoms with Crippen LogP contribution in [0.5, 0.6) is 0 Å². The molecule has 8 nitrogen and oxygen atoms in total. The molecule has 2 aliphatic heterocycles. The molecule has 0 spiro atoms. The number of allylic oxidation sites excluding steroid dienone is 2. The van der Waals surface area contributed by atoms with Gasteiger partial charge in [0.05, 0.1) is 13.0 Å². The number of ketones is 1. The number of hydrogen-bond donors (Lipinski definition) is 1. The highest BCUT2D eigenvalue weighted by molar-refractivity contribution is 5.89. The van der Waals surface area contributed by atoms with E-state index < -0.39 is 46.4 Å². The molecule has 1 N–H and O–H groups in total. The molecule has 0 radical (unpaired) electrons. The highest BCUT2D eigenvalue weighted by Gasteiger charge is 2.75. The van der Waals surface area contributed by atoms with Crippen molar-refractivity contribution < 1.29 is 38.5 Å². The number of rotatable bonds is 3. The number of Topliss-reactive ketones (excluding diaryl/α,β-unsaturated/α-hetero) is 1. The van der Waals surface area contributed by atoms with Crippen molar-refractivity contribution >= 4 is 23.7 Å². The molecule has 5 rings (SSSR count). The van der Waals surface area contributed by atoms with Gasteiger partial charge in [-0.3, -0.25) is 19.2 Å². The average molecular weight is 489 g/mol. The van der Waals surface area contributed by atoms with Crippen LogP contribution in [0.3, 0.4) is 0 Å². The Bertz CT molecular complexity index is 1020. The fourth-order valence-corrected chi connectivity index (χ4v) is 9.13. The summed E-state index contributed by atoms with van der Waals surface area (Å²) in [4.78, 5) is 51.3. The Morgan fingerprint density at radius 2 is 1.83 bits per heavy atom. The van der Waals surface area contributed by atoms with Gasteiger partial charge in [0.15, 0.2) is 0 Å². The molecule has 5 aliphatic rings. The molecule has 2 heterocycles. The number of carbonyl (C=O) groups excluding carboxylic acids is 4. The number of hydrogen-bond acceptors (Lipinski definition) is 8. The van der Waals surface area contributed by atoms with Crippen LogP contribution < -0.4 is 0 Å². The maximum atomic E-state index is 13.7. The lowest BCUT2D eigenvalue weighted by Crippen LogP contribution is -2.73. The minimum absolute atomic E-state index is 0.109. The summed E-state index contributed by atoms with van der Waals surface area (Å²) in [5.74, 6) is -2.16. The van der Waals surface area contributed by atoms with Crippen molar-refractivity contribution in [3.05, 3.63) is 11.6 Å². The van der Waals surface area contributed by atoms with Gasteiger partial charge in [-0.15, -0.1) is 0 Å². The maximum absolute atomic E-state index is 13.7. The third-order valence-electron chi connectivity index (χ3n) is 10.5. The van der Waals surface area contributed by atoms with E-state index in [1.54, 1.807) is 0 Å². The standard InChI is InChI=1S/C27H36O8/c1-13-6-7-19(30)26(4)16(13)9-20-27(5)18(10-22(32)34-20)25(3,11-17(23(26)27)33-14(2)29)24-15(12-28)8-21(31)35-24/h6,15-18,20,23-24,28H,7-12H2,1-5H3/t15-,16+,17-,18-,20-,23-,24+,25+,26-,27-/m1/s1. The summed E-state index contributed by atoms with van der Waals surface area (Å²) in [6.45, 7) is 9.24. The van der Waals surface area contributed by atoms with Crippen molar-refractivity contribution in [2.75, 3.05) is 6.61 Å². The van der Waals surface area contributed by atoms with Gasteiger partial charge in [0.25, 0.3) is 0 Å². The first-order valence-corrected chi connectivity index (χ1v) is 12.7. The van der Waals surface area contributed by atoms with E-state index in [4.69, 9.17) is 14.2 Å². The minimum Gasteiger partial charge on any atom is -0.462 e. The molecule has 0 unspecified atom stereocenters. The van der Waals surface area contributed by atoms with E-state index in [1.165, 1.54) is 6.92 Å². The van der Waals surface area contributed by atoms with Crippen molar-refractivity contribution in [2.24, 2.45) is 39.9 Å². The molecular weight excluding hydrogens is 452 g/mol. The van der Waals surface area contributed by atoms with E-state index in [-0.39, 0.29) is 54.9 Å². The van der Waals surface area contributed by atoms with E-state index in [1.807, 2.05) is 26.8 Å². The van der Waals surface area contributed by atoms with Crippen molar-refractivity contribution in [3.63, 3.8) is 0 Å². The number of esters is 3. The number of carbonyl (C=O) groups is 4. The van der Waals surface area contributed by atoms with Crippen molar-refractivity contribution in [1.82, 2.24) is 0 Å². The van der Waals surface area contributed by atoms with Gasteiger partial charge < -0.3 is 19.3 Å². The van der Waals surface area contributed by atoms with Crippen LogP contribution in [0, 0.1) is 39.9 Å². The van der Waals surface area contributed by atoms with Gasteiger partial charge in [0, 0.05) is 47.8 Å². The number of aliphatic hydroxyl groups excluding tert-OH is 1. The largest absolute Gasteiger partial charge is 0.462 e. The summed E-state index contributed by atoms with van der Waals surface area (Å²) >= 11 is 0. The summed E-state index contributed by atoms with van der Waals surface area (Å²) in [6.07, 6.45) is 1.69. The van der Waals surface area contributed by atoms with E-state index in [0.717, 1.165) is 5.57 Å². The molecule has 8 heteroatoms. The number of ether oxygens (including phenoxy) is 3. The Morgan fingerprint density at radius 1 is 1.14 bits per heavy atom. The molecule has 3 aliphatic carbocycles. The Kier molecular flexibility index (Phi) is 5.52. The molecule has 2 saturated carbocycles. The van der Waals surface area contributed by atoms with E-state index in [9.17, 15) is 24.3 Å². The lowest BCUT2D eigenvalue weighted by molar-refractivity contribution is -0.281. The first-order chi connectivity index (χ1) is 16.4. The normalized spacial score (nSPS) is 48.8. The molecule has 192 valence electrons. The monoisotopic (exact) mass is 488 g/mol. The van der Waals surface area contributed by atoms with Gasteiger partial charge in [-0.25, -0.2) is 0 Å². The van der Waals surface area contributed by atoms with Gasteiger partial charge in [-0.05, 0) is 31.6 Å². The molecule has 35 heavy (non-hydrogen) atoms. The second-order valence-corrected chi connectivity index (χ2v) is 12.1. The smallest absolute Gasteiger partial charge is 0.306 e. The van der Waals surface area contributed by atoms with Crippen molar-refractivity contribution in [2.45, 2.75) is 85.0 Å². The van der Waals surface area contributed by atoms with Crippen LogP contribution in [-0.4, -0.2) is 53.7 Å². The third-order valence-corrected chi connectivity index (χ3v) is 10.5.